The quantitative estimate of drug-likeness (QED) is 0.767. The van der Waals surface area contributed by atoms with Gasteiger partial charge in [-0.3, -0.25) is 9.59 Å². The zero-order valence-corrected chi connectivity index (χ0v) is 11.2. The number of carbonyl (C=O) groups is 2. The fourth-order valence-electron chi connectivity index (χ4n) is 1.75. The van der Waals surface area contributed by atoms with Gasteiger partial charge in [-0.05, 0) is 25.0 Å². The van der Waals surface area contributed by atoms with E-state index >= 15 is 0 Å². The fraction of sp³-hybridized carbons (Fsp3) is 0.429. The number of methoxy groups -OCH3 is 1. The van der Waals surface area contributed by atoms with Crippen LogP contribution in [-0.4, -0.2) is 32.0 Å². The maximum Gasteiger partial charge on any atom is 0.254 e. The Hall–Kier alpha value is -2.11. The lowest BCUT2D eigenvalue weighted by Gasteiger charge is -2.08. The minimum absolute atomic E-state index is 0.0230. The van der Waals surface area contributed by atoms with Crippen molar-refractivity contribution >= 4 is 11.8 Å². The summed E-state index contributed by atoms with van der Waals surface area (Å²) >= 11 is 0. The summed E-state index contributed by atoms with van der Waals surface area (Å²) < 4.78 is 18.5. The summed E-state index contributed by atoms with van der Waals surface area (Å²) in [4.78, 5) is 23.1. The maximum absolute atomic E-state index is 13.6. The van der Waals surface area contributed by atoms with Gasteiger partial charge in [0, 0.05) is 25.1 Å². The van der Waals surface area contributed by atoms with Gasteiger partial charge in [-0.15, -0.1) is 0 Å². The van der Waals surface area contributed by atoms with Crippen LogP contribution in [0.15, 0.2) is 18.2 Å². The van der Waals surface area contributed by atoms with Gasteiger partial charge in [0.25, 0.3) is 5.91 Å². The van der Waals surface area contributed by atoms with E-state index < -0.39 is 11.7 Å². The molecule has 2 N–H and O–H groups in total. The van der Waals surface area contributed by atoms with Crippen molar-refractivity contribution in [1.82, 2.24) is 10.6 Å². The molecule has 0 atom stereocenters. The van der Waals surface area contributed by atoms with Crippen LogP contribution in [0.2, 0.25) is 0 Å². The molecular formula is C14H17FN2O3. The predicted octanol–water partition coefficient (Wildman–Crippen LogP) is 1.09. The van der Waals surface area contributed by atoms with Crippen LogP contribution in [0.3, 0.4) is 0 Å². The minimum Gasteiger partial charge on any atom is -0.497 e. The van der Waals surface area contributed by atoms with Gasteiger partial charge in [0.05, 0.1) is 12.7 Å². The van der Waals surface area contributed by atoms with Crippen LogP contribution in [-0.2, 0) is 4.79 Å². The third kappa shape index (κ3) is 3.69. The summed E-state index contributed by atoms with van der Waals surface area (Å²) in [5, 5.41) is 5.27. The monoisotopic (exact) mass is 280 g/mol. The molecule has 1 aromatic carbocycles. The molecule has 1 saturated carbocycles. The molecule has 2 rings (SSSR count). The van der Waals surface area contributed by atoms with E-state index in [2.05, 4.69) is 10.6 Å². The molecule has 0 unspecified atom stereocenters. The highest BCUT2D eigenvalue weighted by atomic mass is 19.1. The third-order valence-corrected chi connectivity index (χ3v) is 3.08. The first-order chi connectivity index (χ1) is 9.61. The first-order valence-corrected chi connectivity index (χ1v) is 6.51. The van der Waals surface area contributed by atoms with E-state index in [1.54, 1.807) is 0 Å². The van der Waals surface area contributed by atoms with Gasteiger partial charge >= 0.3 is 0 Å². The van der Waals surface area contributed by atoms with Crippen molar-refractivity contribution in [3.05, 3.63) is 29.6 Å². The molecule has 1 aliphatic rings. The summed E-state index contributed by atoms with van der Waals surface area (Å²) in [6.45, 7) is 0.613. The lowest BCUT2D eigenvalue weighted by Crippen LogP contribution is -2.35. The minimum atomic E-state index is -0.635. The van der Waals surface area contributed by atoms with Crippen LogP contribution < -0.4 is 15.4 Å². The standard InChI is InChI=1S/C14H17FN2O3/c1-20-10-4-5-11(12(15)8-10)14(19)17-7-6-16-13(18)9-2-3-9/h4-5,8-9H,2-3,6-7H2,1H3,(H,16,18)(H,17,19). The summed E-state index contributed by atoms with van der Waals surface area (Å²) in [5.74, 6) is -0.620. The van der Waals surface area contributed by atoms with Crippen molar-refractivity contribution in [2.45, 2.75) is 12.8 Å². The second-order valence-corrected chi connectivity index (χ2v) is 4.67. The number of hydrogen-bond donors (Lipinski definition) is 2. The number of benzene rings is 1. The van der Waals surface area contributed by atoms with Crippen molar-refractivity contribution < 1.29 is 18.7 Å². The Bertz CT molecular complexity index is 515. The number of halogens is 1. The van der Waals surface area contributed by atoms with Crippen molar-refractivity contribution in [2.75, 3.05) is 20.2 Å². The smallest absolute Gasteiger partial charge is 0.254 e. The molecule has 1 fully saturated rings. The first kappa shape index (κ1) is 14.3. The van der Waals surface area contributed by atoms with Crippen molar-refractivity contribution in [2.24, 2.45) is 5.92 Å². The highest BCUT2D eigenvalue weighted by Gasteiger charge is 2.29. The second-order valence-electron chi connectivity index (χ2n) is 4.67. The van der Waals surface area contributed by atoms with E-state index in [1.807, 2.05) is 0 Å². The zero-order valence-electron chi connectivity index (χ0n) is 11.2. The van der Waals surface area contributed by atoms with E-state index in [4.69, 9.17) is 4.74 Å². The molecule has 0 bridgehead atoms. The molecule has 1 aromatic rings. The van der Waals surface area contributed by atoms with Crippen molar-refractivity contribution in [1.29, 1.82) is 0 Å². The Morgan fingerprint density at radius 2 is 2.00 bits per heavy atom. The molecule has 0 spiro atoms. The molecule has 0 aliphatic heterocycles. The van der Waals surface area contributed by atoms with E-state index in [1.165, 1.54) is 19.2 Å². The molecule has 6 heteroatoms. The number of amides is 2. The average molecular weight is 280 g/mol. The molecule has 0 radical (unpaired) electrons. The summed E-state index contributed by atoms with van der Waals surface area (Å²) in [5.41, 5.74) is -0.0423. The van der Waals surface area contributed by atoms with Crippen molar-refractivity contribution in [3.63, 3.8) is 0 Å². The van der Waals surface area contributed by atoms with Crippen LogP contribution in [0.1, 0.15) is 23.2 Å². The zero-order chi connectivity index (χ0) is 14.5. The van der Waals surface area contributed by atoms with Gasteiger partial charge in [0.1, 0.15) is 11.6 Å². The Labute approximate surface area is 116 Å². The van der Waals surface area contributed by atoms with E-state index in [0.29, 0.717) is 12.3 Å². The molecule has 0 aromatic heterocycles. The lowest BCUT2D eigenvalue weighted by atomic mass is 10.2. The number of rotatable bonds is 6. The van der Waals surface area contributed by atoms with E-state index in [0.717, 1.165) is 18.9 Å². The maximum atomic E-state index is 13.6. The third-order valence-electron chi connectivity index (χ3n) is 3.08. The summed E-state index contributed by atoms with van der Waals surface area (Å²) in [6.07, 6.45) is 1.88. The molecule has 2 amide bonds. The number of hydrogen-bond acceptors (Lipinski definition) is 3. The second kappa shape index (κ2) is 6.36. The molecule has 108 valence electrons. The largest absolute Gasteiger partial charge is 0.497 e. The molecule has 0 heterocycles. The van der Waals surface area contributed by atoms with Crippen LogP contribution in [0.4, 0.5) is 4.39 Å². The molecule has 20 heavy (non-hydrogen) atoms. The molecule has 0 saturated heterocycles. The number of nitrogens with one attached hydrogen (secondary N) is 2. The average Bonchev–Trinajstić information content (AvgIpc) is 3.27. The Kier molecular flexibility index (Phi) is 4.55. The van der Waals surface area contributed by atoms with Gasteiger partial charge in [-0.1, -0.05) is 0 Å². The van der Waals surface area contributed by atoms with Gasteiger partial charge in [0.15, 0.2) is 0 Å². The van der Waals surface area contributed by atoms with Gasteiger partial charge in [-0.2, -0.15) is 0 Å². The molecule has 1 aliphatic carbocycles. The van der Waals surface area contributed by atoms with Gasteiger partial charge < -0.3 is 15.4 Å². The SMILES string of the molecule is COc1ccc(C(=O)NCCNC(=O)C2CC2)c(F)c1. The van der Waals surface area contributed by atoms with Crippen LogP contribution in [0.5, 0.6) is 5.75 Å². The summed E-state index contributed by atoms with van der Waals surface area (Å²) in [7, 11) is 1.43. The topological polar surface area (TPSA) is 67.4 Å². The normalized spacial score (nSPS) is 13.7. The van der Waals surface area contributed by atoms with Crippen LogP contribution in [0, 0.1) is 11.7 Å². The van der Waals surface area contributed by atoms with Gasteiger partial charge in [0.2, 0.25) is 5.91 Å². The first-order valence-electron chi connectivity index (χ1n) is 6.51. The number of ether oxygens (including phenoxy) is 1. The molecular weight excluding hydrogens is 263 g/mol. The predicted molar refractivity (Wildman–Crippen MR) is 71.0 cm³/mol. The number of carbonyl (C=O) groups excluding carboxylic acids is 2. The summed E-state index contributed by atoms with van der Waals surface area (Å²) in [6, 6.07) is 4.04. The fourth-order valence-corrected chi connectivity index (χ4v) is 1.75. The highest BCUT2D eigenvalue weighted by Crippen LogP contribution is 2.28. The van der Waals surface area contributed by atoms with Gasteiger partial charge in [-0.25, -0.2) is 4.39 Å². The Morgan fingerprint density at radius 1 is 1.30 bits per heavy atom. The lowest BCUT2D eigenvalue weighted by molar-refractivity contribution is -0.122. The molecule has 5 nitrogen and oxygen atoms in total. The van der Waals surface area contributed by atoms with E-state index in [9.17, 15) is 14.0 Å². The Morgan fingerprint density at radius 3 is 2.60 bits per heavy atom. The van der Waals surface area contributed by atoms with Crippen molar-refractivity contribution in [3.8, 4) is 5.75 Å². The van der Waals surface area contributed by atoms with E-state index in [-0.39, 0.29) is 23.9 Å². The highest BCUT2D eigenvalue weighted by molar-refractivity contribution is 5.94. The van der Waals surface area contributed by atoms with Crippen LogP contribution >= 0.6 is 0 Å². The van der Waals surface area contributed by atoms with Crippen LogP contribution in [0.25, 0.3) is 0 Å². The Balaban J connectivity index is 1.77.